The smallest absolute Gasteiger partial charge is 0.259 e. The molecule has 0 aliphatic heterocycles. The standard InChI is InChI=1S/C14H13N3O3/c1-9-10(2)17-20-14(9)16-13(19)12-5-6-15-8-11(12)4-3-7-18/h5-6,8,18H,7H2,1-2H3,(H,16,19). The normalized spacial score (nSPS) is 9.75. The summed E-state index contributed by atoms with van der Waals surface area (Å²) in [6.45, 7) is 3.32. The predicted octanol–water partition coefficient (Wildman–Crippen LogP) is 1.28. The number of aromatic nitrogens is 2. The van der Waals surface area contributed by atoms with Crippen LogP contribution in [-0.2, 0) is 0 Å². The van der Waals surface area contributed by atoms with Crippen LogP contribution in [0.25, 0.3) is 0 Å². The maximum absolute atomic E-state index is 12.2. The van der Waals surface area contributed by atoms with E-state index in [1.165, 1.54) is 12.4 Å². The van der Waals surface area contributed by atoms with E-state index in [1.807, 2.05) is 0 Å². The van der Waals surface area contributed by atoms with Crippen LogP contribution in [0.1, 0.15) is 27.2 Å². The van der Waals surface area contributed by atoms with Crippen LogP contribution in [0.15, 0.2) is 23.0 Å². The lowest BCUT2D eigenvalue weighted by atomic mass is 10.1. The van der Waals surface area contributed by atoms with Crippen LogP contribution in [0.4, 0.5) is 5.88 Å². The van der Waals surface area contributed by atoms with Crippen molar-refractivity contribution in [1.29, 1.82) is 0 Å². The Kier molecular flexibility index (Phi) is 4.13. The number of anilines is 1. The molecule has 2 aromatic rings. The van der Waals surface area contributed by atoms with Crippen LogP contribution in [0.2, 0.25) is 0 Å². The van der Waals surface area contributed by atoms with Crippen molar-refractivity contribution in [3.63, 3.8) is 0 Å². The second-order valence-electron chi connectivity index (χ2n) is 4.06. The number of hydrogen-bond donors (Lipinski definition) is 2. The number of rotatable bonds is 2. The number of carbonyl (C=O) groups is 1. The fraction of sp³-hybridized carbons (Fsp3) is 0.214. The number of pyridine rings is 1. The van der Waals surface area contributed by atoms with Crippen molar-refractivity contribution in [2.45, 2.75) is 13.8 Å². The first-order chi connectivity index (χ1) is 9.63. The third-order valence-corrected chi connectivity index (χ3v) is 2.75. The molecule has 0 aliphatic rings. The molecule has 0 atom stereocenters. The summed E-state index contributed by atoms with van der Waals surface area (Å²) < 4.78 is 5.03. The molecule has 1 amide bonds. The van der Waals surface area contributed by atoms with Crippen molar-refractivity contribution in [2.75, 3.05) is 11.9 Å². The lowest BCUT2D eigenvalue weighted by molar-refractivity contribution is 0.102. The van der Waals surface area contributed by atoms with E-state index in [2.05, 4.69) is 27.3 Å². The monoisotopic (exact) mass is 271 g/mol. The Bertz CT molecular complexity index is 695. The van der Waals surface area contributed by atoms with Gasteiger partial charge in [0.1, 0.15) is 6.61 Å². The Labute approximate surface area is 115 Å². The Morgan fingerprint density at radius 3 is 2.95 bits per heavy atom. The van der Waals surface area contributed by atoms with Gasteiger partial charge in [0.15, 0.2) is 0 Å². The van der Waals surface area contributed by atoms with Crippen molar-refractivity contribution >= 4 is 11.8 Å². The van der Waals surface area contributed by atoms with Gasteiger partial charge in [-0.3, -0.25) is 15.1 Å². The molecule has 2 N–H and O–H groups in total. The molecular formula is C14H13N3O3. The van der Waals surface area contributed by atoms with Crippen molar-refractivity contribution in [1.82, 2.24) is 10.1 Å². The van der Waals surface area contributed by atoms with Gasteiger partial charge in [-0.15, -0.1) is 0 Å². The number of aliphatic hydroxyl groups excluding tert-OH is 1. The van der Waals surface area contributed by atoms with Crippen LogP contribution in [0, 0.1) is 25.7 Å². The second-order valence-corrected chi connectivity index (χ2v) is 4.06. The topological polar surface area (TPSA) is 88.3 Å². The van der Waals surface area contributed by atoms with E-state index in [-0.39, 0.29) is 12.5 Å². The van der Waals surface area contributed by atoms with E-state index in [0.717, 1.165) is 11.3 Å². The fourth-order valence-electron chi connectivity index (χ4n) is 1.53. The first-order valence-corrected chi connectivity index (χ1v) is 5.91. The molecule has 0 spiro atoms. The number of nitrogens with one attached hydrogen (secondary N) is 1. The Balaban J connectivity index is 2.28. The minimum absolute atomic E-state index is 0.281. The summed E-state index contributed by atoms with van der Waals surface area (Å²) >= 11 is 0. The van der Waals surface area contributed by atoms with E-state index in [4.69, 9.17) is 9.63 Å². The fourth-order valence-corrected chi connectivity index (χ4v) is 1.53. The Morgan fingerprint density at radius 1 is 1.50 bits per heavy atom. The predicted molar refractivity (Wildman–Crippen MR) is 72.1 cm³/mol. The van der Waals surface area contributed by atoms with Gasteiger partial charge in [0.05, 0.1) is 16.8 Å². The van der Waals surface area contributed by atoms with E-state index in [0.29, 0.717) is 17.0 Å². The quantitative estimate of drug-likeness (QED) is 0.803. The highest BCUT2D eigenvalue weighted by atomic mass is 16.5. The molecule has 2 heterocycles. The number of nitrogens with zero attached hydrogens (tertiary/aromatic N) is 2. The summed E-state index contributed by atoms with van der Waals surface area (Å²) in [5.74, 6) is 5.11. The van der Waals surface area contributed by atoms with Gasteiger partial charge in [-0.2, -0.15) is 0 Å². The highest BCUT2D eigenvalue weighted by Crippen LogP contribution is 2.18. The van der Waals surface area contributed by atoms with Gasteiger partial charge in [0.25, 0.3) is 5.91 Å². The molecule has 0 saturated carbocycles. The molecule has 20 heavy (non-hydrogen) atoms. The van der Waals surface area contributed by atoms with Crippen molar-refractivity contribution in [3.05, 3.63) is 40.8 Å². The van der Waals surface area contributed by atoms with Gasteiger partial charge < -0.3 is 9.63 Å². The molecule has 2 aromatic heterocycles. The average molecular weight is 271 g/mol. The maximum atomic E-state index is 12.2. The summed E-state index contributed by atoms with van der Waals surface area (Å²) in [6, 6.07) is 1.55. The molecule has 0 saturated heterocycles. The first kappa shape index (κ1) is 13.8. The minimum atomic E-state index is -0.367. The van der Waals surface area contributed by atoms with Crippen molar-refractivity contribution in [3.8, 4) is 11.8 Å². The lowest BCUT2D eigenvalue weighted by Crippen LogP contribution is -2.14. The third kappa shape index (κ3) is 2.84. The average Bonchev–Trinajstić information content (AvgIpc) is 2.77. The zero-order valence-corrected chi connectivity index (χ0v) is 11.1. The lowest BCUT2D eigenvalue weighted by Gasteiger charge is -2.04. The van der Waals surface area contributed by atoms with E-state index < -0.39 is 0 Å². The summed E-state index contributed by atoms with van der Waals surface area (Å²) in [4.78, 5) is 16.1. The third-order valence-electron chi connectivity index (χ3n) is 2.75. The largest absolute Gasteiger partial charge is 0.384 e. The molecular weight excluding hydrogens is 258 g/mol. The van der Waals surface area contributed by atoms with Gasteiger partial charge >= 0.3 is 0 Å². The first-order valence-electron chi connectivity index (χ1n) is 5.91. The number of amides is 1. The van der Waals surface area contributed by atoms with Crippen LogP contribution in [-0.4, -0.2) is 27.8 Å². The maximum Gasteiger partial charge on any atom is 0.259 e. The highest BCUT2D eigenvalue weighted by Gasteiger charge is 2.15. The molecule has 0 radical (unpaired) electrons. The molecule has 2 rings (SSSR count). The van der Waals surface area contributed by atoms with E-state index >= 15 is 0 Å². The highest BCUT2D eigenvalue weighted by molar-refractivity contribution is 6.05. The van der Waals surface area contributed by atoms with Gasteiger partial charge in [-0.05, 0) is 19.9 Å². The van der Waals surface area contributed by atoms with Crippen molar-refractivity contribution < 1.29 is 14.4 Å². The molecule has 0 unspecified atom stereocenters. The Hall–Kier alpha value is -2.65. The summed E-state index contributed by atoms with van der Waals surface area (Å²) in [6.07, 6.45) is 2.97. The number of hydrogen-bond acceptors (Lipinski definition) is 5. The zero-order valence-electron chi connectivity index (χ0n) is 11.1. The van der Waals surface area contributed by atoms with Crippen LogP contribution in [0.3, 0.4) is 0 Å². The van der Waals surface area contributed by atoms with Gasteiger partial charge in [-0.1, -0.05) is 17.0 Å². The van der Waals surface area contributed by atoms with Gasteiger partial charge in [0.2, 0.25) is 5.88 Å². The summed E-state index contributed by atoms with van der Waals surface area (Å²) in [5, 5.41) is 15.1. The number of aliphatic hydroxyl groups is 1. The van der Waals surface area contributed by atoms with Gasteiger partial charge in [-0.25, -0.2) is 0 Å². The van der Waals surface area contributed by atoms with Crippen molar-refractivity contribution in [2.24, 2.45) is 0 Å². The molecule has 0 aromatic carbocycles. The summed E-state index contributed by atoms with van der Waals surface area (Å²) in [5.41, 5.74) is 2.29. The molecule has 0 aliphatic carbocycles. The molecule has 0 fully saturated rings. The number of carbonyl (C=O) groups excluding carboxylic acids is 1. The van der Waals surface area contributed by atoms with Crippen LogP contribution < -0.4 is 5.32 Å². The van der Waals surface area contributed by atoms with E-state index in [9.17, 15) is 4.79 Å². The summed E-state index contributed by atoms with van der Waals surface area (Å²) in [7, 11) is 0. The minimum Gasteiger partial charge on any atom is -0.384 e. The van der Waals surface area contributed by atoms with E-state index in [1.54, 1.807) is 19.9 Å². The van der Waals surface area contributed by atoms with Gasteiger partial charge in [0, 0.05) is 18.0 Å². The molecule has 102 valence electrons. The molecule has 6 heteroatoms. The molecule has 6 nitrogen and oxygen atoms in total. The SMILES string of the molecule is Cc1noc(NC(=O)c2ccncc2C#CCO)c1C. The zero-order chi connectivity index (χ0) is 14.5. The number of aryl methyl sites for hydroxylation is 1. The molecule has 0 bridgehead atoms. The second kappa shape index (κ2) is 5.99. The van der Waals surface area contributed by atoms with Crippen LogP contribution in [0.5, 0.6) is 0 Å². The van der Waals surface area contributed by atoms with Crippen LogP contribution >= 0.6 is 0 Å². The Morgan fingerprint density at radius 2 is 2.30 bits per heavy atom.